The van der Waals surface area contributed by atoms with E-state index in [9.17, 15) is 9.59 Å². The highest BCUT2D eigenvalue weighted by molar-refractivity contribution is 6.72. The van der Waals surface area contributed by atoms with E-state index in [2.05, 4.69) is 0 Å². The van der Waals surface area contributed by atoms with Crippen LogP contribution in [0.3, 0.4) is 0 Å². The molecule has 0 aliphatic rings. The molecule has 0 bridgehead atoms. The lowest BCUT2D eigenvalue weighted by molar-refractivity contribution is 0.105. The average Bonchev–Trinajstić information content (AvgIpc) is 2.08. The van der Waals surface area contributed by atoms with E-state index in [1.807, 2.05) is 0 Å². The van der Waals surface area contributed by atoms with E-state index in [1.165, 1.54) is 12.1 Å². The first kappa shape index (κ1) is 11.8. The van der Waals surface area contributed by atoms with Gasteiger partial charge in [-0.05, 0) is 35.3 Å². The molecule has 0 aromatic heterocycles. The van der Waals surface area contributed by atoms with Gasteiger partial charge in [-0.15, -0.1) is 0 Å². The van der Waals surface area contributed by atoms with Gasteiger partial charge in [0, 0.05) is 11.1 Å². The van der Waals surface area contributed by atoms with Crippen molar-refractivity contribution in [3.63, 3.8) is 0 Å². The smallest absolute Gasteiger partial charge is 0.253 e. The fourth-order valence-corrected chi connectivity index (χ4v) is 1.51. The zero-order chi connectivity index (χ0) is 10.9. The molecule has 1 aromatic rings. The summed E-state index contributed by atoms with van der Waals surface area (Å²) in [5.74, 6) is 0. The van der Waals surface area contributed by atoms with Gasteiger partial charge in [-0.1, -0.05) is 23.2 Å². The van der Waals surface area contributed by atoms with Crippen molar-refractivity contribution < 1.29 is 9.59 Å². The third-order valence-corrected chi connectivity index (χ3v) is 2.61. The summed E-state index contributed by atoms with van der Waals surface area (Å²) in [5, 5.41) is -1.35. The van der Waals surface area contributed by atoms with Crippen LogP contribution in [0.2, 0.25) is 10.0 Å². The largest absolute Gasteiger partial charge is 0.276 e. The van der Waals surface area contributed by atoms with E-state index in [1.54, 1.807) is 0 Å². The van der Waals surface area contributed by atoms with E-state index >= 15 is 0 Å². The number of benzene rings is 1. The van der Waals surface area contributed by atoms with Crippen LogP contribution in [-0.2, 0) is 0 Å². The van der Waals surface area contributed by atoms with Crippen LogP contribution < -0.4 is 0 Å². The second-order valence-electron chi connectivity index (χ2n) is 2.36. The van der Waals surface area contributed by atoms with Gasteiger partial charge in [-0.25, -0.2) is 0 Å². The molecule has 0 atom stereocenters. The number of carbonyl (C=O) groups excluding carboxylic acids is 2. The third-order valence-electron chi connectivity index (χ3n) is 1.48. The fraction of sp³-hybridized carbons (Fsp3) is 0. The highest BCUT2D eigenvalue weighted by Gasteiger charge is 2.16. The molecule has 14 heavy (non-hydrogen) atoms. The zero-order valence-electron chi connectivity index (χ0n) is 6.48. The Labute approximate surface area is 99.7 Å². The molecule has 0 radical (unpaired) electrons. The number of hydrogen-bond donors (Lipinski definition) is 0. The van der Waals surface area contributed by atoms with Crippen LogP contribution in [0.25, 0.3) is 0 Å². The maximum atomic E-state index is 10.9. The number of rotatable bonds is 2. The van der Waals surface area contributed by atoms with Crippen LogP contribution in [-0.4, -0.2) is 10.5 Å². The minimum Gasteiger partial charge on any atom is -0.276 e. The van der Waals surface area contributed by atoms with Crippen LogP contribution in [0, 0.1) is 0 Å². The zero-order valence-corrected chi connectivity index (χ0v) is 9.51. The average molecular weight is 272 g/mol. The van der Waals surface area contributed by atoms with Crippen molar-refractivity contribution in [3.05, 3.63) is 33.3 Å². The molecule has 0 saturated heterocycles. The third kappa shape index (κ3) is 2.39. The Morgan fingerprint density at radius 1 is 0.857 bits per heavy atom. The number of carbonyl (C=O) groups is 2. The van der Waals surface area contributed by atoms with Gasteiger partial charge >= 0.3 is 0 Å². The van der Waals surface area contributed by atoms with Gasteiger partial charge in [-0.2, -0.15) is 0 Å². The van der Waals surface area contributed by atoms with Crippen molar-refractivity contribution in [2.45, 2.75) is 0 Å². The van der Waals surface area contributed by atoms with Crippen molar-refractivity contribution in [1.82, 2.24) is 0 Å². The van der Waals surface area contributed by atoms with Crippen LogP contribution in [0.1, 0.15) is 20.7 Å². The van der Waals surface area contributed by atoms with Crippen molar-refractivity contribution >= 4 is 56.9 Å². The maximum absolute atomic E-state index is 10.9. The monoisotopic (exact) mass is 270 g/mol. The molecule has 6 heteroatoms. The summed E-state index contributed by atoms with van der Waals surface area (Å²) >= 11 is 21.7. The molecule has 0 N–H and O–H groups in total. The van der Waals surface area contributed by atoms with Crippen molar-refractivity contribution in [1.29, 1.82) is 0 Å². The Morgan fingerprint density at radius 3 is 1.36 bits per heavy atom. The molecule has 0 spiro atoms. The summed E-state index contributed by atoms with van der Waals surface area (Å²) < 4.78 is 0. The van der Waals surface area contributed by atoms with E-state index in [4.69, 9.17) is 46.4 Å². The highest BCUT2D eigenvalue weighted by atomic mass is 35.5. The Hall–Kier alpha value is -0.280. The van der Waals surface area contributed by atoms with Crippen molar-refractivity contribution in [3.8, 4) is 0 Å². The van der Waals surface area contributed by atoms with Gasteiger partial charge in [0.25, 0.3) is 10.5 Å². The Balaban J connectivity index is 3.46. The lowest BCUT2D eigenvalue weighted by Gasteiger charge is -2.03. The normalized spacial score (nSPS) is 10.0. The molecule has 0 aliphatic heterocycles. The van der Waals surface area contributed by atoms with Gasteiger partial charge in [-0.3, -0.25) is 9.59 Å². The fourth-order valence-electron chi connectivity index (χ4n) is 0.872. The summed E-state index contributed by atoms with van der Waals surface area (Å²) in [5.41, 5.74) is -0.109. The van der Waals surface area contributed by atoms with Gasteiger partial charge in [0.1, 0.15) is 0 Å². The lowest BCUT2D eigenvalue weighted by atomic mass is 10.1. The first-order chi connectivity index (χ1) is 6.43. The SMILES string of the molecule is O=C(Cl)c1cc(Cl)c(Cl)cc1C(=O)Cl. The van der Waals surface area contributed by atoms with E-state index in [-0.39, 0.29) is 21.2 Å². The Bertz CT molecular complexity index is 375. The van der Waals surface area contributed by atoms with Gasteiger partial charge < -0.3 is 0 Å². The standard InChI is InChI=1S/C8H2Cl4O2/c9-5-1-3(7(11)13)4(8(12)14)2-6(5)10/h1-2H. The summed E-state index contributed by atoms with van der Waals surface area (Å²) in [6.07, 6.45) is 0. The molecule has 1 aromatic carbocycles. The van der Waals surface area contributed by atoms with E-state index in [0.29, 0.717) is 0 Å². The van der Waals surface area contributed by atoms with Crippen molar-refractivity contribution in [2.75, 3.05) is 0 Å². The molecule has 74 valence electrons. The van der Waals surface area contributed by atoms with Gasteiger partial charge in [0.2, 0.25) is 0 Å². The Morgan fingerprint density at radius 2 is 1.14 bits per heavy atom. The van der Waals surface area contributed by atoms with Gasteiger partial charge in [0.05, 0.1) is 10.0 Å². The summed E-state index contributed by atoms with van der Waals surface area (Å²) in [6, 6.07) is 2.41. The molecule has 0 heterocycles. The molecule has 1 rings (SSSR count). The second kappa shape index (κ2) is 4.49. The molecule has 0 saturated carbocycles. The second-order valence-corrected chi connectivity index (χ2v) is 3.86. The number of hydrogen-bond acceptors (Lipinski definition) is 2. The first-order valence-electron chi connectivity index (χ1n) is 3.32. The van der Waals surface area contributed by atoms with Crippen LogP contribution in [0.5, 0.6) is 0 Å². The Kier molecular flexibility index (Phi) is 3.78. The molecule has 0 amide bonds. The summed E-state index contributed by atoms with van der Waals surface area (Å²) in [6.45, 7) is 0. The van der Waals surface area contributed by atoms with Crippen molar-refractivity contribution in [2.24, 2.45) is 0 Å². The van der Waals surface area contributed by atoms with E-state index < -0.39 is 10.5 Å². The topological polar surface area (TPSA) is 34.1 Å². The minimum atomic E-state index is -0.812. The van der Waals surface area contributed by atoms with Crippen LogP contribution >= 0.6 is 46.4 Å². The van der Waals surface area contributed by atoms with Gasteiger partial charge in [0.15, 0.2) is 0 Å². The van der Waals surface area contributed by atoms with Crippen LogP contribution in [0.15, 0.2) is 12.1 Å². The summed E-state index contributed by atoms with van der Waals surface area (Å²) in [4.78, 5) is 21.8. The molecular weight excluding hydrogens is 270 g/mol. The summed E-state index contributed by atoms with van der Waals surface area (Å²) in [7, 11) is 0. The maximum Gasteiger partial charge on any atom is 0.253 e. The molecule has 0 unspecified atom stereocenters. The first-order valence-corrected chi connectivity index (χ1v) is 4.83. The molecular formula is C8H2Cl4O2. The molecule has 0 aliphatic carbocycles. The molecule has 2 nitrogen and oxygen atoms in total. The van der Waals surface area contributed by atoms with Crippen LogP contribution in [0.4, 0.5) is 0 Å². The number of halogens is 4. The quantitative estimate of drug-likeness (QED) is 0.768. The highest BCUT2D eigenvalue weighted by Crippen LogP contribution is 2.27. The predicted octanol–water partition coefficient (Wildman–Crippen LogP) is 3.75. The molecule has 0 fully saturated rings. The minimum absolute atomic E-state index is 0.0546. The predicted molar refractivity (Wildman–Crippen MR) is 56.8 cm³/mol. The van der Waals surface area contributed by atoms with E-state index in [0.717, 1.165) is 0 Å². The lowest BCUT2D eigenvalue weighted by Crippen LogP contribution is -2.00.